The summed E-state index contributed by atoms with van der Waals surface area (Å²) in [4.78, 5) is 1.40. The van der Waals surface area contributed by atoms with E-state index in [1.165, 1.54) is 29.7 Å². The van der Waals surface area contributed by atoms with Gasteiger partial charge in [0, 0.05) is 16.7 Å². The van der Waals surface area contributed by atoms with Gasteiger partial charge in [-0.05, 0) is 49.4 Å². The summed E-state index contributed by atoms with van der Waals surface area (Å²) in [7, 11) is 0. The molecular weight excluding hydrogens is 250 g/mol. The molecule has 0 bridgehead atoms. The van der Waals surface area contributed by atoms with Gasteiger partial charge < -0.3 is 5.32 Å². The third-order valence-electron chi connectivity index (χ3n) is 3.28. The fourth-order valence-corrected chi connectivity index (χ4v) is 3.49. The molecule has 1 nitrogen and oxygen atoms in total. The van der Waals surface area contributed by atoms with Crippen LogP contribution < -0.4 is 5.32 Å². The van der Waals surface area contributed by atoms with Crippen molar-refractivity contribution in [3.63, 3.8) is 0 Å². The second-order valence-electron chi connectivity index (χ2n) is 5.69. The smallest absolute Gasteiger partial charge is 0.0274 e. The lowest BCUT2D eigenvalue weighted by atomic mass is 10.1. The van der Waals surface area contributed by atoms with Gasteiger partial charge in [0.05, 0.1) is 0 Å². The van der Waals surface area contributed by atoms with Gasteiger partial charge in [0.25, 0.3) is 0 Å². The van der Waals surface area contributed by atoms with Crippen LogP contribution in [0, 0.1) is 5.92 Å². The molecule has 1 aliphatic carbocycles. The minimum absolute atomic E-state index is 0.674. The molecular formula is C17H25NS. The van der Waals surface area contributed by atoms with E-state index < -0.39 is 0 Å². The van der Waals surface area contributed by atoms with E-state index in [4.69, 9.17) is 0 Å². The second-order valence-corrected chi connectivity index (χ2v) is 7.00. The molecule has 19 heavy (non-hydrogen) atoms. The zero-order valence-corrected chi connectivity index (χ0v) is 12.9. The Kier molecular flexibility index (Phi) is 5.99. The highest BCUT2D eigenvalue weighted by Crippen LogP contribution is 2.30. The van der Waals surface area contributed by atoms with Crippen molar-refractivity contribution >= 4 is 11.8 Å². The molecule has 0 radical (unpaired) electrons. The summed E-state index contributed by atoms with van der Waals surface area (Å²) in [5, 5.41) is 4.18. The van der Waals surface area contributed by atoms with E-state index in [-0.39, 0.29) is 0 Å². The molecule has 2 rings (SSSR count). The van der Waals surface area contributed by atoms with E-state index in [2.05, 4.69) is 55.6 Å². The van der Waals surface area contributed by atoms with Gasteiger partial charge in [-0.15, -0.1) is 11.8 Å². The number of thioether (sulfide) groups is 1. The zero-order valence-electron chi connectivity index (χ0n) is 12.1. The summed E-state index contributed by atoms with van der Waals surface area (Å²) in [5.41, 5.74) is 1.39. The number of rotatable bonds is 6. The van der Waals surface area contributed by atoms with E-state index in [0.29, 0.717) is 11.2 Å². The predicted molar refractivity (Wildman–Crippen MR) is 85.6 cm³/mol. The Balaban J connectivity index is 1.87. The van der Waals surface area contributed by atoms with E-state index in [9.17, 15) is 0 Å². The van der Waals surface area contributed by atoms with Crippen LogP contribution in [0.1, 0.15) is 38.7 Å². The van der Waals surface area contributed by atoms with Crippen molar-refractivity contribution in [3.8, 4) is 0 Å². The molecule has 2 heteroatoms. The molecule has 1 N–H and O–H groups in total. The van der Waals surface area contributed by atoms with Gasteiger partial charge >= 0.3 is 0 Å². The number of hydrogen-bond acceptors (Lipinski definition) is 2. The third-order valence-corrected chi connectivity index (χ3v) is 4.50. The summed E-state index contributed by atoms with van der Waals surface area (Å²) in [6.45, 7) is 6.55. The van der Waals surface area contributed by atoms with Crippen molar-refractivity contribution in [2.45, 2.75) is 49.8 Å². The van der Waals surface area contributed by atoms with Gasteiger partial charge in [-0.1, -0.05) is 38.1 Å². The standard InChI is InChI=1S/C17H25NS/c1-14(2)12-18-13-15-7-6-10-17(11-15)19-16-8-4-3-5-9-16/h4,6-8,10-11,14,16,18H,3,5,9,12-13H2,1-2H3. The highest BCUT2D eigenvalue weighted by molar-refractivity contribution is 8.00. The molecule has 0 aliphatic heterocycles. The van der Waals surface area contributed by atoms with Crippen LogP contribution in [0.15, 0.2) is 41.3 Å². The number of nitrogens with one attached hydrogen (secondary N) is 1. The molecule has 1 aromatic carbocycles. The van der Waals surface area contributed by atoms with Gasteiger partial charge in [0.15, 0.2) is 0 Å². The van der Waals surface area contributed by atoms with Crippen molar-refractivity contribution in [2.24, 2.45) is 5.92 Å². The van der Waals surface area contributed by atoms with Crippen LogP contribution in [0.4, 0.5) is 0 Å². The summed E-state index contributed by atoms with van der Waals surface area (Å²) >= 11 is 2.00. The Morgan fingerprint density at radius 1 is 1.37 bits per heavy atom. The third kappa shape index (κ3) is 5.42. The maximum Gasteiger partial charge on any atom is 0.0274 e. The predicted octanol–water partition coefficient (Wildman–Crippen LogP) is 4.63. The first-order chi connectivity index (χ1) is 9.24. The van der Waals surface area contributed by atoms with Crippen LogP contribution in [0.5, 0.6) is 0 Å². The molecule has 1 atom stereocenters. The molecule has 0 amide bonds. The van der Waals surface area contributed by atoms with Crippen LogP contribution in [0.2, 0.25) is 0 Å². The molecule has 1 unspecified atom stereocenters. The van der Waals surface area contributed by atoms with Crippen molar-refractivity contribution in [3.05, 3.63) is 42.0 Å². The van der Waals surface area contributed by atoms with E-state index in [1.54, 1.807) is 0 Å². The average molecular weight is 275 g/mol. The van der Waals surface area contributed by atoms with Gasteiger partial charge in [0.1, 0.15) is 0 Å². The molecule has 1 aromatic rings. The molecule has 0 spiro atoms. The summed E-state index contributed by atoms with van der Waals surface area (Å²) in [5.74, 6) is 0.713. The van der Waals surface area contributed by atoms with E-state index in [0.717, 1.165) is 13.1 Å². The maximum absolute atomic E-state index is 3.51. The molecule has 0 aromatic heterocycles. The summed E-state index contributed by atoms with van der Waals surface area (Å²) in [6.07, 6.45) is 8.62. The zero-order chi connectivity index (χ0) is 13.5. The van der Waals surface area contributed by atoms with Crippen molar-refractivity contribution in [1.82, 2.24) is 5.32 Å². The van der Waals surface area contributed by atoms with Crippen molar-refractivity contribution < 1.29 is 0 Å². The molecule has 0 saturated heterocycles. The Bertz CT molecular complexity index is 411. The van der Waals surface area contributed by atoms with Gasteiger partial charge in [-0.2, -0.15) is 0 Å². The highest BCUT2D eigenvalue weighted by Gasteiger charge is 2.10. The normalized spacial score (nSPS) is 19.0. The quantitative estimate of drug-likeness (QED) is 0.759. The molecule has 0 saturated carbocycles. The van der Waals surface area contributed by atoms with E-state index in [1.807, 2.05) is 11.8 Å². The van der Waals surface area contributed by atoms with Crippen LogP contribution in [-0.2, 0) is 6.54 Å². The number of hydrogen-bond donors (Lipinski definition) is 1. The van der Waals surface area contributed by atoms with Gasteiger partial charge in [0.2, 0.25) is 0 Å². The molecule has 0 fully saturated rings. The fourth-order valence-electron chi connectivity index (χ4n) is 2.29. The summed E-state index contributed by atoms with van der Waals surface area (Å²) in [6, 6.07) is 8.97. The number of allylic oxidation sites excluding steroid dienone is 1. The van der Waals surface area contributed by atoms with Crippen LogP contribution >= 0.6 is 11.8 Å². The van der Waals surface area contributed by atoms with Crippen LogP contribution in [0.25, 0.3) is 0 Å². The lowest BCUT2D eigenvalue weighted by Crippen LogP contribution is -2.18. The Morgan fingerprint density at radius 3 is 3.00 bits per heavy atom. The first-order valence-electron chi connectivity index (χ1n) is 7.37. The fraction of sp³-hybridized carbons (Fsp3) is 0.529. The monoisotopic (exact) mass is 275 g/mol. The first-order valence-corrected chi connectivity index (χ1v) is 8.25. The van der Waals surface area contributed by atoms with Crippen LogP contribution in [0.3, 0.4) is 0 Å². The summed E-state index contributed by atoms with van der Waals surface area (Å²) < 4.78 is 0. The lowest BCUT2D eigenvalue weighted by Gasteiger charge is -2.16. The minimum Gasteiger partial charge on any atom is -0.312 e. The molecule has 104 valence electrons. The average Bonchev–Trinajstić information content (AvgIpc) is 2.40. The first kappa shape index (κ1) is 14.7. The Hall–Kier alpha value is -0.730. The largest absolute Gasteiger partial charge is 0.312 e. The molecule has 0 heterocycles. The SMILES string of the molecule is CC(C)CNCc1cccc(SC2C=CCCC2)c1. The van der Waals surface area contributed by atoms with E-state index >= 15 is 0 Å². The van der Waals surface area contributed by atoms with Gasteiger partial charge in [-0.3, -0.25) is 0 Å². The highest BCUT2D eigenvalue weighted by atomic mass is 32.2. The van der Waals surface area contributed by atoms with Crippen molar-refractivity contribution in [1.29, 1.82) is 0 Å². The lowest BCUT2D eigenvalue weighted by molar-refractivity contribution is 0.552. The topological polar surface area (TPSA) is 12.0 Å². The second kappa shape index (κ2) is 7.76. The Morgan fingerprint density at radius 2 is 2.26 bits per heavy atom. The van der Waals surface area contributed by atoms with Gasteiger partial charge in [-0.25, -0.2) is 0 Å². The number of benzene rings is 1. The van der Waals surface area contributed by atoms with Crippen molar-refractivity contribution in [2.75, 3.05) is 6.54 Å². The van der Waals surface area contributed by atoms with Crippen LogP contribution in [-0.4, -0.2) is 11.8 Å². The Labute approximate surface area is 121 Å². The minimum atomic E-state index is 0.674. The maximum atomic E-state index is 3.51. The molecule has 1 aliphatic rings.